The van der Waals surface area contributed by atoms with Crippen molar-refractivity contribution >= 4 is 11.6 Å². The lowest BCUT2D eigenvalue weighted by atomic mass is 10.0. The van der Waals surface area contributed by atoms with Gasteiger partial charge in [-0.25, -0.2) is 0 Å². The average Bonchev–Trinajstić information content (AvgIpc) is 2.73. The van der Waals surface area contributed by atoms with Crippen LogP contribution in [0.3, 0.4) is 0 Å². The summed E-state index contributed by atoms with van der Waals surface area (Å²) < 4.78 is 1.82. The third-order valence-electron chi connectivity index (χ3n) is 2.80. The number of nitrogens with one attached hydrogen (secondary N) is 1. The van der Waals surface area contributed by atoms with Crippen molar-refractivity contribution in [3.05, 3.63) is 52.8 Å². The van der Waals surface area contributed by atoms with Crippen LogP contribution in [-0.4, -0.2) is 16.8 Å². The first kappa shape index (κ1) is 12.1. The Hall–Kier alpha value is -1.32. The van der Waals surface area contributed by atoms with Crippen molar-refractivity contribution in [3.63, 3.8) is 0 Å². The van der Waals surface area contributed by atoms with E-state index in [0.717, 1.165) is 17.1 Å². The molecule has 0 aliphatic carbocycles. The monoisotopic (exact) mass is 249 g/mol. The topological polar surface area (TPSA) is 29.9 Å². The molecule has 1 unspecified atom stereocenters. The van der Waals surface area contributed by atoms with Crippen molar-refractivity contribution in [2.45, 2.75) is 12.5 Å². The molecule has 0 aliphatic rings. The second-order valence-electron chi connectivity index (χ2n) is 4.08. The number of nitrogens with zero attached hydrogens (tertiary/aromatic N) is 2. The summed E-state index contributed by atoms with van der Waals surface area (Å²) in [4.78, 5) is 0. The second kappa shape index (κ2) is 5.34. The number of likely N-dealkylation sites (N-methyl/N-ethyl adjacent to an activating group) is 1. The lowest BCUT2D eigenvalue weighted by Crippen LogP contribution is -2.19. The summed E-state index contributed by atoms with van der Waals surface area (Å²) in [7, 11) is 3.89. The molecule has 1 N–H and O–H groups in total. The minimum absolute atomic E-state index is 0.266. The first-order chi connectivity index (χ1) is 8.19. The highest BCUT2D eigenvalue weighted by molar-refractivity contribution is 6.30. The van der Waals surface area contributed by atoms with Crippen molar-refractivity contribution in [2.24, 2.45) is 7.05 Å². The van der Waals surface area contributed by atoms with Crippen molar-refractivity contribution in [2.75, 3.05) is 7.05 Å². The Morgan fingerprint density at radius 2 is 2.00 bits per heavy atom. The fourth-order valence-electron chi connectivity index (χ4n) is 1.86. The minimum atomic E-state index is 0.266. The molecule has 0 bridgehead atoms. The quantitative estimate of drug-likeness (QED) is 0.903. The number of aromatic nitrogens is 2. The van der Waals surface area contributed by atoms with Gasteiger partial charge in [0.05, 0.1) is 5.69 Å². The van der Waals surface area contributed by atoms with Gasteiger partial charge in [-0.3, -0.25) is 4.68 Å². The maximum atomic E-state index is 5.89. The molecular formula is C13H16ClN3. The van der Waals surface area contributed by atoms with Crippen LogP contribution < -0.4 is 5.32 Å². The van der Waals surface area contributed by atoms with Gasteiger partial charge < -0.3 is 5.32 Å². The Morgan fingerprint density at radius 1 is 1.29 bits per heavy atom. The van der Waals surface area contributed by atoms with E-state index in [9.17, 15) is 0 Å². The SMILES string of the molecule is CNC(Cc1ccn(C)n1)c1ccc(Cl)cc1. The molecular weight excluding hydrogens is 234 g/mol. The van der Waals surface area contributed by atoms with Gasteiger partial charge in [-0.05, 0) is 30.8 Å². The predicted molar refractivity (Wildman–Crippen MR) is 70.2 cm³/mol. The second-order valence-corrected chi connectivity index (χ2v) is 4.51. The standard InChI is InChI=1S/C13H16ClN3/c1-15-13(9-12-7-8-17(2)16-12)10-3-5-11(14)6-4-10/h3-8,13,15H,9H2,1-2H3. The van der Waals surface area contributed by atoms with Gasteiger partial charge in [0.15, 0.2) is 0 Å². The molecule has 2 rings (SSSR count). The molecule has 17 heavy (non-hydrogen) atoms. The van der Waals surface area contributed by atoms with Crippen LogP contribution in [0.25, 0.3) is 0 Å². The number of aryl methyl sites for hydroxylation is 1. The van der Waals surface area contributed by atoms with Crippen molar-refractivity contribution < 1.29 is 0 Å². The molecule has 1 aromatic heterocycles. The van der Waals surface area contributed by atoms with Crippen LogP contribution in [0.5, 0.6) is 0 Å². The molecule has 1 atom stereocenters. The van der Waals surface area contributed by atoms with E-state index in [0.29, 0.717) is 0 Å². The molecule has 0 radical (unpaired) electrons. The molecule has 1 heterocycles. The Labute approximate surface area is 106 Å². The molecule has 0 spiro atoms. The molecule has 0 saturated heterocycles. The summed E-state index contributed by atoms with van der Waals surface area (Å²) in [5.74, 6) is 0. The van der Waals surface area contributed by atoms with Crippen LogP contribution in [0.15, 0.2) is 36.5 Å². The third kappa shape index (κ3) is 3.08. The lowest BCUT2D eigenvalue weighted by Gasteiger charge is -2.15. The summed E-state index contributed by atoms with van der Waals surface area (Å²) in [6.45, 7) is 0. The van der Waals surface area contributed by atoms with E-state index in [-0.39, 0.29) is 6.04 Å². The van der Waals surface area contributed by atoms with Gasteiger partial charge in [0.1, 0.15) is 0 Å². The summed E-state index contributed by atoms with van der Waals surface area (Å²) in [5, 5.41) is 8.46. The molecule has 0 saturated carbocycles. The van der Waals surface area contributed by atoms with E-state index in [1.54, 1.807) is 0 Å². The zero-order valence-electron chi connectivity index (χ0n) is 10.0. The van der Waals surface area contributed by atoms with Gasteiger partial charge in [-0.2, -0.15) is 5.10 Å². The van der Waals surface area contributed by atoms with Crippen LogP contribution >= 0.6 is 11.6 Å². The van der Waals surface area contributed by atoms with E-state index in [2.05, 4.69) is 10.4 Å². The Balaban J connectivity index is 2.13. The van der Waals surface area contributed by atoms with Crippen LogP contribution in [0, 0.1) is 0 Å². The maximum absolute atomic E-state index is 5.89. The average molecular weight is 250 g/mol. The first-order valence-corrected chi connectivity index (χ1v) is 5.98. The largest absolute Gasteiger partial charge is 0.313 e. The van der Waals surface area contributed by atoms with Gasteiger partial charge in [0, 0.05) is 30.7 Å². The van der Waals surface area contributed by atoms with Crippen LogP contribution in [-0.2, 0) is 13.5 Å². The highest BCUT2D eigenvalue weighted by atomic mass is 35.5. The minimum Gasteiger partial charge on any atom is -0.313 e. The van der Waals surface area contributed by atoms with E-state index >= 15 is 0 Å². The van der Waals surface area contributed by atoms with E-state index in [1.165, 1.54) is 5.56 Å². The Kier molecular flexibility index (Phi) is 3.82. The number of rotatable bonds is 4. The van der Waals surface area contributed by atoms with Gasteiger partial charge in [-0.1, -0.05) is 23.7 Å². The van der Waals surface area contributed by atoms with Crippen LogP contribution in [0.2, 0.25) is 5.02 Å². The summed E-state index contributed by atoms with van der Waals surface area (Å²) >= 11 is 5.89. The van der Waals surface area contributed by atoms with Gasteiger partial charge in [-0.15, -0.1) is 0 Å². The molecule has 0 fully saturated rings. The number of hydrogen-bond donors (Lipinski definition) is 1. The molecule has 1 aromatic carbocycles. The fraction of sp³-hybridized carbons (Fsp3) is 0.308. The molecule has 2 aromatic rings. The molecule has 4 heteroatoms. The molecule has 90 valence electrons. The first-order valence-electron chi connectivity index (χ1n) is 5.60. The third-order valence-corrected chi connectivity index (χ3v) is 3.05. The smallest absolute Gasteiger partial charge is 0.0643 e. The van der Waals surface area contributed by atoms with Crippen molar-refractivity contribution in [1.82, 2.24) is 15.1 Å². The van der Waals surface area contributed by atoms with Gasteiger partial charge in [0.25, 0.3) is 0 Å². The van der Waals surface area contributed by atoms with Crippen LogP contribution in [0.1, 0.15) is 17.3 Å². The lowest BCUT2D eigenvalue weighted by molar-refractivity contribution is 0.577. The maximum Gasteiger partial charge on any atom is 0.0643 e. The summed E-state index contributed by atoms with van der Waals surface area (Å²) in [6, 6.07) is 10.2. The van der Waals surface area contributed by atoms with Crippen molar-refractivity contribution in [3.8, 4) is 0 Å². The highest BCUT2D eigenvalue weighted by Gasteiger charge is 2.11. The molecule has 0 aliphatic heterocycles. The van der Waals surface area contributed by atoms with Crippen LogP contribution in [0.4, 0.5) is 0 Å². The Morgan fingerprint density at radius 3 is 2.53 bits per heavy atom. The summed E-state index contributed by atoms with van der Waals surface area (Å²) in [5.41, 5.74) is 2.31. The van der Waals surface area contributed by atoms with Crippen molar-refractivity contribution in [1.29, 1.82) is 0 Å². The molecule has 0 amide bonds. The predicted octanol–water partition coefficient (Wildman–Crippen LogP) is 2.58. The fourth-order valence-corrected chi connectivity index (χ4v) is 1.99. The normalized spacial score (nSPS) is 12.6. The summed E-state index contributed by atoms with van der Waals surface area (Å²) in [6.07, 6.45) is 2.84. The number of benzene rings is 1. The van der Waals surface area contributed by atoms with E-state index in [4.69, 9.17) is 11.6 Å². The Bertz CT molecular complexity index is 476. The molecule has 3 nitrogen and oxygen atoms in total. The van der Waals surface area contributed by atoms with E-state index in [1.807, 2.05) is 55.3 Å². The number of halogens is 1. The van der Waals surface area contributed by atoms with Gasteiger partial charge >= 0.3 is 0 Å². The van der Waals surface area contributed by atoms with E-state index < -0.39 is 0 Å². The van der Waals surface area contributed by atoms with Gasteiger partial charge in [0.2, 0.25) is 0 Å². The zero-order chi connectivity index (χ0) is 12.3. The highest BCUT2D eigenvalue weighted by Crippen LogP contribution is 2.19. The number of hydrogen-bond acceptors (Lipinski definition) is 2. The zero-order valence-corrected chi connectivity index (χ0v) is 10.8.